The third kappa shape index (κ3) is 8.33. The molecular formula is C30H38ClN9O6. The molecule has 0 radical (unpaired) electrons. The summed E-state index contributed by atoms with van der Waals surface area (Å²) in [5.41, 5.74) is 11.8. The monoisotopic (exact) mass is 655 g/mol. The van der Waals surface area contributed by atoms with E-state index >= 15 is 0 Å². The Morgan fingerprint density at radius 1 is 0.913 bits per heavy atom. The summed E-state index contributed by atoms with van der Waals surface area (Å²) in [4.78, 5) is 65.1. The van der Waals surface area contributed by atoms with Gasteiger partial charge in [-0.1, -0.05) is 23.7 Å². The van der Waals surface area contributed by atoms with Crippen molar-refractivity contribution in [3.05, 3.63) is 40.7 Å². The van der Waals surface area contributed by atoms with Crippen molar-refractivity contribution in [2.75, 3.05) is 57.4 Å². The van der Waals surface area contributed by atoms with Gasteiger partial charge in [-0.25, -0.2) is 14.8 Å². The van der Waals surface area contributed by atoms with Crippen LogP contribution in [-0.4, -0.2) is 101 Å². The zero-order valence-electron chi connectivity index (χ0n) is 25.4. The lowest BCUT2D eigenvalue weighted by Gasteiger charge is -2.38. The lowest BCUT2D eigenvalue weighted by molar-refractivity contribution is -0.154. The number of amides is 3. The molecule has 0 unspecified atom stereocenters. The number of hydrogen-bond acceptors (Lipinski definition) is 10. The van der Waals surface area contributed by atoms with Crippen LogP contribution < -0.4 is 26.8 Å². The van der Waals surface area contributed by atoms with E-state index in [1.165, 1.54) is 0 Å². The minimum absolute atomic E-state index is 0.0568. The molecular weight excluding hydrogens is 618 g/mol. The molecule has 0 atom stereocenters. The fourth-order valence-electron chi connectivity index (χ4n) is 5.62. The van der Waals surface area contributed by atoms with Crippen LogP contribution >= 0.6 is 11.6 Å². The molecule has 15 nitrogen and oxygen atoms in total. The topological polar surface area (TPSA) is 207 Å². The number of esters is 1. The van der Waals surface area contributed by atoms with Crippen molar-refractivity contribution < 1.29 is 28.7 Å². The van der Waals surface area contributed by atoms with E-state index < -0.39 is 11.9 Å². The van der Waals surface area contributed by atoms with Gasteiger partial charge in [0.1, 0.15) is 5.75 Å². The van der Waals surface area contributed by atoms with Crippen LogP contribution in [-0.2, 0) is 25.5 Å². The summed E-state index contributed by atoms with van der Waals surface area (Å²) in [6.45, 7) is 2.52. The van der Waals surface area contributed by atoms with Gasteiger partial charge in [-0.05, 0) is 56.2 Å². The van der Waals surface area contributed by atoms with Crippen LogP contribution in [0.1, 0.15) is 54.6 Å². The molecule has 6 N–H and O–H groups in total. The Labute approximate surface area is 271 Å². The van der Waals surface area contributed by atoms with E-state index in [0.717, 1.165) is 24.8 Å². The fraction of sp³-hybridized carbons (Fsp3) is 0.500. The van der Waals surface area contributed by atoms with Gasteiger partial charge in [0.05, 0.1) is 5.54 Å². The Balaban J connectivity index is 1.01. The molecule has 246 valence electrons. The molecule has 2 aromatic rings. The minimum Gasteiger partial charge on any atom is -0.482 e. The summed E-state index contributed by atoms with van der Waals surface area (Å²) in [6.07, 6.45) is 5.32. The number of halogens is 1. The highest BCUT2D eigenvalue weighted by molar-refractivity contribution is 6.31. The average molecular weight is 656 g/mol. The standard InChI is InChI=1S/C30H38ClN9O6/c31-25-27(33)36-26(32)24(35-25)28(44)37-29-34-18-30(38-29)10-14-40(15-11-30)21(41)9-6-19-4-7-20(8-5-19)45-17-23(43)46-16-22(42)39-12-2-1-3-13-39/h4-5,7-8H,1-3,6,9-18H2,(H4,32,33,36)(H2,34,37,38,44). The van der Waals surface area contributed by atoms with Crippen LogP contribution in [0.3, 0.4) is 0 Å². The normalized spacial score (nSPS) is 18.2. The number of ether oxygens (including phenoxy) is 2. The first-order chi connectivity index (χ1) is 22.1. The van der Waals surface area contributed by atoms with E-state index in [1.54, 1.807) is 17.0 Å². The summed E-state index contributed by atoms with van der Waals surface area (Å²) in [7, 11) is 0. The third-order valence-electron chi connectivity index (χ3n) is 8.34. The number of nitrogens with zero attached hydrogens (tertiary/aromatic N) is 5. The second-order valence-electron chi connectivity index (χ2n) is 11.6. The smallest absolute Gasteiger partial charge is 0.344 e. The van der Waals surface area contributed by atoms with Crippen molar-refractivity contribution in [1.82, 2.24) is 30.4 Å². The van der Waals surface area contributed by atoms with E-state index in [4.69, 9.17) is 32.5 Å². The number of rotatable bonds is 9. The van der Waals surface area contributed by atoms with Crippen molar-refractivity contribution >= 4 is 52.9 Å². The van der Waals surface area contributed by atoms with Gasteiger partial charge in [0.2, 0.25) is 5.91 Å². The molecule has 16 heteroatoms. The van der Waals surface area contributed by atoms with Gasteiger partial charge >= 0.3 is 11.9 Å². The van der Waals surface area contributed by atoms with Gasteiger partial charge < -0.3 is 41.4 Å². The molecule has 3 saturated heterocycles. The molecule has 4 heterocycles. The molecule has 3 aliphatic rings. The van der Waals surface area contributed by atoms with E-state index in [9.17, 15) is 19.2 Å². The Hall–Kier alpha value is -4.66. The predicted molar refractivity (Wildman–Crippen MR) is 169 cm³/mol. The first-order valence-corrected chi connectivity index (χ1v) is 15.6. The van der Waals surface area contributed by atoms with Crippen LogP contribution in [0.25, 0.3) is 0 Å². The summed E-state index contributed by atoms with van der Waals surface area (Å²) in [5, 5.41) is 6.28. The maximum Gasteiger partial charge on any atom is 0.344 e. The number of hydrogen-bond donors (Lipinski definition) is 4. The molecule has 0 bridgehead atoms. The zero-order chi connectivity index (χ0) is 32.7. The summed E-state index contributed by atoms with van der Waals surface area (Å²) >= 11 is 5.87. The predicted octanol–water partition coefficient (Wildman–Crippen LogP) is 0.912. The van der Waals surface area contributed by atoms with Gasteiger partial charge in [-0.3, -0.25) is 14.4 Å². The number of nitrogens with one attached hydrogen (secondary N) is 2. The zero-order valence-corrected chi connectivity index (χ0v) is 26.2. The Kier molecular flexibility index (Phi) is 10.4. The second-order valence-corrected chi connectivity index (χ2v) is 11.9. The highest BCUT2D eigenvalue weighted by Gasteiger charge is 2.40. The summed E-state index contributed by atoms with van der Waals surface area (Å²) in [5.74, 6) is -0.870. The van der Waals surface area contributed by atoms with Crippen molar-refractivity contribution in [3.8, 4) is 5.75 Å². The van der Waals surface area contributed by atoms with Crippen LogP contribution in [0.4, 0.5) is 11.6 Å². The SMILES string of the molecule is Nc1nc(N)c(C(=O)/N=C2\NCC3(CCN(C(=O)CCc4ccc(OCC(=O)OCC(=O)N5CCCCC5)cc4)CC3)N2)nc1Cl. The highest BCUT2D eigenvalue weighted by atomic mass is 35.5. The van der Waals surface area contributed by atoms with Crippen molar-refractivity contribution in [2.45, 2.75) is 50.5 Å². The second kappa shape index (κ2) is 14.6. The number of nitrogens with two attached hydrogens (primary N) is 2. The van der Waals surface area contributed by atoms with Crippen LogP contribution in [0.5, 0.6) is 5.75 Å². The minimum atomic E-state index is -0.704. The number of aliphatic imine (C=N–C) groups is 1. The molecule has 46 heavy (non-hydrogen) atoms. The largest absolute Gasteiger partial charge is 0.482 e. The van der Waals surface area contributed by atoms with E-state index in [0.29, 0.717) is 70.1 Å². The van der Waals surface area contributed by atoms with Gasteiger partial charge in [-0.2, -0.15) is 4.99 Å². The molecule has 0 aliphatic carbocycles. The number of aryl methyl sites for hydroxylation is 1. The third-order valence-corrected chi connectivity index (χ3v) is 8.62. The van der Waals surface area contributed by atoms with E-state index in [2.05, 4.69) is 25.6 Å². The average Bonchev–Trinajstić information content (AvgIpc) is 3.45. The molecule has 3 aliphatic heterocycles. The number of aromatic nitrogens is 2. The van der Waals surface area contributed by atoms with Gasteiger partial charge in [0.15, 0.2) is 41.7 Å². The Morgan fingerprint density at radius 2 is 1.61 bits per heavy atom. The number of anilines is 2. The van der Waals surface area contributed by atoms with Gasteiger partial charge in [-0.15, -0.1) is 0 Å². The molecule has 3 amide bonds. The van der Waals surface area contributed by atoms with Crippen LogP contribution in [0, 0.1) is 0 Å². The van der Waals surface area contributed by atoms with Crippen molar-refractivity contribution in [1.29, 1.82) is 0 Å². The maximum absolute atomic E-state index is 13.0. The van der Waals surface area contributed by atoms with E-state index in [-0.39, 0.29) is 53.0 Å². The maximum atomic E-state index is 13.0. The Morgan fingerprint density at radius 3 is 2.33 bits per heavy atom. The molecule has 5 rings (SSSR count). The highest BCUT2D eigenvalue weighted by Crippen LogP contribution is 2.26. The van der Waals surface area contributed by atoms with Gasteiger partial charge in [0, 0.05) is 39.1 Å². The fourth-order valence-corrected chi connectivity index (χ4v) is 5.75. The number of nitrogen functional groups attached to an aromatic ring is 2. The Bertz CT molecular complexity index is 1490. The molecule has 1 spiro atoms. The number of carbonyl (C=O) groups excluding carboxylic acids is 4. The lowest BCUT2D eigenvalue weighted by Crippen LogP contribution is -2.53. The van der Waals surface area contributed by atoms with Gasteiger partial charge in [0.25, 0.3) is 5.91 Å². The number of carbonyl (C=O) groups is 4. The number of benzene rings is 1. The van der Waals surface area contributed by atoms with Crippen molar-refractivity contribution in [2.24, 2.45) is 4.99 Å². The first kappa shape index (κ1) is 32.7. The number of likely N-dealkylation sites (tertiary alicyclic amines) is 2. The van der Waals surface area contributed by atoms with Crippen LogP contribution in [0.15, 0.2) is 29.3 Å². The van der Waals surface area contributed by atoms with Crippen molar-refractivity contribution in [3.63, 3.8) is 0 Å². The molecule has 1 aromatic carbocycles. The quantitative estimate of drug-likeness (QED) is 0.278. The molecule has 0 saturated carbocycles. The lowest BCUT2D eigenvalue weighted by atomic mass is 9.88. The summed E-state index contributed by atoms with van der Waals surface area (Å²) in [6, 6.07) is 7.18. The van der Waals surface area contributed by atoms with Crippen LogP contribution in [0.2, 0.25) is 5.15 Å². The molecule has 3 fully saturated rings. The number of guanidine groups is 1. The summed E-state index contributed by atoms with van der Waals surface area (Å²) < 4.78 is 10.6. The first-order valence-electron chi connectivity index (χ1n) is 15.3. The molecule has 1 aromatic heterocycles. The number of piperidine rings is 2. The van der Waals surface area contributed by atoms with E-state index in [1.807, 2.05) is 17.0 Å².